The minimum absolute atomic E-state index is 0.522. The predicted molar refractivity (Wildman–Crippen MR) is 134 cm³/mol. The molecule has 0 amide bonds. The maximum absolute atomic E-state index is 2.63. The molecule has 1 fully saturated rings. The molecule has 5 aromatic rings. The number of para-hydroxylation sites is 3. The molecule has 0 N–H and O–H groups in total. The van der Waals surface area contributed by atoms with E-state index in [1.165, 1.54) is 49.9 Å². The van der Waals surface area contributed by atoms with Crippen molar-refractivity contribution in [3.05, 3.63) is 108 Å². The standard InChI is InChI=1S/C30H26N2/c1-19-16-29-25(22-12-7-9-15-28(22)32(29)21-10-4-3-5-11-21)17-24(19)30-20(2)31-18-26(30)23-13-6-8-14-27(23)31/h3-17,20,26,30H,18H2,1-2H3/t20-,26?,30?/m1/s1. The first-order chi connectivity index (χ1) is 15.7. The number of aryl methyl sites for hydroxylation is 1. The number of aromatic nitrogens is 1. The highest BCUT2D eigenvalue weighted by molar-refractivity contribution is 6.09. The lowest BCUT2D eigenvalue weighted by Crippen LogP contribution is -2.31. The van der Waals surface area contributed by atoms with Gasteiger partial charge in [0.1, 0.15) is 0 Å². The summed E-state index contributed by atoms with van der Waals surface area (Å²) in [6, 6.07) is 34.1. The van der Waals surface area contributed by atoms with Crippen molar-refractivity contribution in [1.29, 1.82) is 0 Å². The predicted octanol–water partition coefficient (Wildman–Crippen LogP) is 7.18. The van der Waals surface area contributed by atoms with E-state index in [0.717, 1.165) is 6.54 Å². The Morgan fingerprint density at radius 1 is 0.719 bits per heavy atom. The Kier molecular flexibility index (Phi) is 3.67. The highest BCUT2D eigenvalue weighted by Crippen LogP contribution is 2.54. The van der Waals surface area contributed by atoms with Gasteiger partial charge >= 0.3 is 0 Å². The third-order valence-electron chi connectivity index (χ3n) is 7.92. The van der Waals surface area contributed by atoms with Crippen LogP contribution in [0.25, 0.3) is 27.5 Å². The summed E-state index contributed by atoms with van der Waals surface area (Å²) in [5.41, 5.74) is 9.70. The first-order valence-corrected chi connectivity index (χ1v) is 11.7. The molecule has 1 aromatic heterocycles. The first kappa shape index (κ1) is 18.1. The van der Waals surface area contributed by atoms with Crippen LogP contribution in [0.2, 0.25) is 0 Å². The van der Waals surface area contributed by atoms with Crippen LogP contribution in [0, 0.1) is 6.92 Å². The lowest BCUT2D eigenvalue weighted by Gasteiger charge is -2.33. The SMILES string of the molecule is Cc1cc2c(cc1C1C3CN(c4ccccc43)[C@@H]1C)c1ccccc1n2-c1ccccc1. The maximum Gasteiger partial charge on any atom is 0.0543 e. The van der Waals surface area contributed by atoms with Gasteiger partial charge in [0.2, 0.25) is 0 Å². The van der Waals surface area contributed by atoms with E-state index in [2.05, 4.69) is 114 Å². The Balaban J connectivity index is 1.47. The van der Waals surface area contributed by atoms with Gasteiger partial charge in [0.25, 0.3) is 0 Å². The Hall–Kier alpha value is -3.52. The molecule has 1 saturated heterocycles. The molecule has 0 spiro atoms. The molecule has 156 valence electrons. The van der Waals surface area contributed by atoms with Gasteiger partial charge in [-0.2, -0.15) is 0 Å². The zero-order valence-corrected chi connectivity index (χ0v) is 18.5. The van der Waals surface area contributed by atoms with E-state index in [9.17, 15) is 0 Å². The second-order valence-electron chi connectivity index (χ2n) is 9.50. The van der Waals surface area contributed by atoms with Gasteiger partial charge in [-0.15, -0.1) is 0 Å². The van der Waals surface area contributed by atoms with Crippen molar-refractivity contribution in [3.8, 4) is 5.69 Å². The molecule has 2 bridgehead atoms. The molecule has 2 aliphatic rings. The Labute approximate surface area is 188 Å². The summed E-state index contributed by atoms with van der Waals surface area (Å²) >= 11 is 0. The molecule has 4 aromatic carbocycles. The summed E-state index contributed by atoms with van der Waals surface area (Å²) in [6.07, 6.45) is 0. The van der Waals surface area contributed by atoms with E-state index in [1.54, 1.807) is 0 Å². The van der Waals surface area contributed by atoms with Gasteiger partial charge in [0.15, 0.2) is 0 Å². The van der Waals surface area contributed by atoms with Crippen LogP contribution in [0.15, 0.2) is 91.0 Å². The van der Waals surface area contributed by atoms with Crippen LogP contribution in [0.4, 0.5) is 5.69 Å². The van der Waals surface area contributed by atoms with Gasteiger partial charge in [-0.05, 0) is 66.9 Å². The number of benzene rings is 4. The van der Waals surface area contributed by atoms with Crippen LogP contribution in [-0.2, 0) is 0 Å². The number of nitrogens with zero attached hydrogens (tertiary/aromatic N) is 2. The quantitative estimate of drug-likeness (QED) is 0.297. The number of fused-ring (bicyclic) bond motifs is 8. The second-order valence-corrected chi connectivity index (χ2v) is 9.50. The highest BCUT2D eigenvalue weighted by Gasteiger charge is 2.47. The smallest absolute Gasteiger partial charge is 0.0543 e. The molecule has 3 heterocycles. The average molecular weight is 415 g/mol. The lowest BCUT2D eigenvalue weighted by atomic mass is 9.77. The summed E-state index contributed by atoms with van der Waals surface area (Å²) in [6.45, 7) is 5.87. The first-order valence-electron chi connectivity index (χ1n) is 11.7. The minimum Gasteiger partial charge on any atom is -0.367 e. The van der Waals surface area contributed by atoms with Crippen molar-refractivity contribution in [2.24, 2.45) is 0 Å². The van der Waals surface area contributed by atoms with E-state index in [4.69, 9.17) is 0 Å². The third-order valence-corrected chi connectivity index (χ3v) is 7.92. The Bertz CT molecular complexity index is 1490. The van der Waals surface area contributed by atoms with Crippen molar-refractivity contribution in [2.75, 3.05) is 11.4 Å². The molecule has 32 heavy (non-hydrogen) atoms. The van der Waals surface area contributed by atoms with Crippen LogP contribution in [-0.4, -0.2) is 17.2 Å². The zero-order valence-electron chi connectivity index (χ0n) is 18.5. The molecular formula is C30H26N2. The summed E-state index contributed by atoms with van der Waals surface area (Å²) in [5, 5.41) is 2.70. The van der Waals surface area contributed by atoms with Gasteiger partial charge in [-0.1, -0.05) is 54.6 Å². The van der Waals surface area contributed by atoms with E-state index >= 15 is 0 Å². The molecule has 3 atom stereocenters. The van der Waals surface area contributed by atoms with Crippen LogP contribution in [0.5, 0.6) is 0 Å². The van der Waals surface area contributed by atoms with E-state index < -0.39 is 0 Å². The van der Waals surface area contributed by atoms with Crippen molar-refractivity contribution in [1.82, 2.24) is 4.57 Å². The molecule has 0 aliphatic carbocycles. The van der Waals surface area contributed by atoms with Gasteiger partial charge in [-0.25, -0.2) is 0 Å². The Morgan fingerprint density at radius 2 is 1.47 bits per heavy atom. The topological polar surface area (TPSA) is 8.17 Å². The average Bonchev–Trinajstić information content (AvgIpc) is 3.47. The highest BCUT2D eigenvalue weighted by atomic mass is 15.2. The summed E-state index contributed by atoms with van der Waals surface area (Å²) in [4.78, 5) is 2.63. The number of hydrogen-bond donors (Lipinski definition) is 0. The molecule has 0 saturated carbocycles. The van der Waals surface area contributed by atoms with E-state index in [1.807, 2.05) is 0 Å². The Morgan fingerprint density at radius 3 is 2.34 bits per heavy atom. The fraction of sp³-hybridized carbons (Fsp3) is 0.200. The van der Waals surface area contributed by atoms with Crippen molar-refractivity contribution in [3.63, 3.8) is 0 Å². The number of hydrogen-bond acceptors (Lipinski definition) is 1. The van der Waals surface area contributed by atoms with Gasteiger partial charge < -0.3 is 9.47 Å². The van der Waals surface area contributed by atoms with E-state index in [0.29, 0.717) is 17.9 Å². The largest absolute Gasteiger partial charge is 0.367 e. The maximum atomic E-state index is 2.63. The van der Waals surface area contributed by atoms with Gasteiger partial charge in [0, 0.05) is 46.6 Å². The molecule has 2 unspecified atom stereocenters. The molecule has 2 nitrogen and oxygen atoms in total. The van der Waals surface area contributed by atoms with E-state index in [-0.39, 0.29) is 0 Å². The normalized spacial score (nSPS) is 21.6. The van der Waals surface area contributed by atoms with Gasteiger partial charge in [0.05, 0.1) is 11.0 Å². The molecule has 2 aliphatic heterocycles. The zero-order chi connectivity index (χ0) is 21.4. The summed E-state index contributed by atoms with van der Waals surface area (Å²) < 4.78 is 2.42. The van der Waals surface area contributed by atoms with Gasteiger partial charge in [-0.3, -0.25) is 0 Å². The van der Waals surface area contributed by atoms with Crippen molar-refractivity contribution < 1.29 is 0 Å². The van der Waals surface area contributed by atoms with Crippen LogP contribution in [0.1, 0.15) is 35.4 Å². The lowest BCUT2D eigenvalue weighted by molar-refractivity contribution is 0.567. The number of anilines is 1. The molecule has 7 rings (SSSR count). The molecule has 2 heteroatoms. The fourth-order valence-corrected chi connectivity index (χ4v) is 6.52. The second kappa shape index (κ2) is 6.49. The minimum atomic E-state index is 0.522. The van der Waals surface area contributed by atoms with Crippen LogP contribution in [0.3, 0.4) is 0 Å². The fourth-order valence-electron chi connectivity index (χ4n) is 6.52. The molecular weight excluding hydrogens is 388 g/mol. The monoisotopic (exact) mass is 414 g/mol. The van der Waals surface area contributed by atoms with Crippen LogP contribution >= 0.6 is 0 Å². The van der Waals surface area contributed by atoms with Crippen molar-refractivity contribution >= 4 is 27.5 Å². The summed E-state index contributed by atoms with van der Waals surface area (Å²) in [5.74, 6) is 1.12. The third kappa shape index (κ3) is 2.30. The number of rotatable bonds is 2. The van der Waals surface area contributed by atoms with Crippen molar-refractivity contribution in [2.45, 2.75) is 31.7 Å². The van der Waals surface area contributed by atoms with Crippen LogP contribution < -0.4 is 4.90 Å². The summed E-state index contributed by atoms with van der Waals surface area (Å²) in [7, 11) is 0. The molecule has 0 radical (unpaired) electrons.